The summed E-state index contributed by atoms with van der Waals surface area (Å²) in [6, 6.07) is 9.87. The number of hydrogen-bond acceptors (Lipinski definition) is 4. The van der Waals surface area contributed by atoms with Gasteiger partial charge in [-0.1, -0.05) is 18.2 Å². The maximum atomic E-state index is 11.7. The summed E-state index contributed by atoms with van der Waals surface area (Å²) >= 11 is 0. The predicted octanol–water partition coefficient (Wildman–Crippen LogP) is 1.03. The zero-order chi connectivity index (χ0) is 17.4. The lowest BCUT2D eigenvalue weighted by molar-refractivity contribution is 0.240. The molecule has 0 aliphatic carbocycles. The lowest BCUT2D eigenvalue weighted by Crippen LogP contribution is -2.36. The molecule has 0 atom stereocenters. The first kappa shape index (κ1) is 17.9. The lowest BCUT2D eigenvalue weighted by atomic mass is 10.2. The number of aromatic nitrogens is 1. The van der Waals surface area contributed by atoms with Crippen LogP contribution in [0.1, 0.15) is 11.1 Å². The van der Waals surface area contributed by atoms with Crippen LogP contribution in [0.15, 0.2) is 53.7 Å². The van der Waals surface area contributed by atoms with Crippen LogP contribution >= 0.6 is 0 Å². The van der Waals surface area contributed by atoms with Crippen molar-refractivity contribution in [1.82, 2.24) is 20.3 Å². The van der Waals surface area contributed by atoms with E-state index in [2.05, 4.69) is 20.3 Å². The highest BCUT2D eigenvalue weighted by Gasteiger charge is 2.10. The monoisotopic (exact) mass is 348 g/mol. The number of hydrogen-bond donors (Lipinski definition) is 3. The van der Waals surface area contributed by atoms with Gasteiger partial charge in [0.15, 0.2) is 0 Å². The fraction of sp³-hybridized carbons (Fsp3) is 0.250. The van der Waals surface area contributed by atoms with Crippen LogP contribution in [0.25, 0.3) is 0 Å². The Morgan fingerprint density at radius 2 is 1.83 bits per heavy atom. The molecule has 3 N–H and O–H groups in total. The first-order valence-corrected chi connectivity index (χ1v) is 8.92. The summed E-state index contributed by atoms with van der Waals surface area (Å²) in [5, 5.41) is 5.49. The van der Waals surface area contributed by atoms with E-state index >= 15 is 0 Å². The Kier molecular flexibility index (Phi) is 6.28. The van der Waals surface area contributed by atoms with Crippen molar-refractivity contribution in [3.05, 3.63) is 59.9 Å². The Labute approximate surface area is 141 Å². The van der Waals surface area contributed by atoms with Crippen molar-refractivity contribution in [3.8, 4) is 0 Å². The van der Waals surface area contributed by atoms with Crippen molar-refractivity contribution in [2.24, 2.45) is 0 Å². The topological polar surface area (TPSA) is 100 Å². The molecule has 2 amide bonds. The number of carbonyl (C=O) groups is 1. The van der Waals surface area contributed by atoms with Crippen LogP contribution in [0.3, 0.4) is 0 Å². The van der Waals surface area contributed by atoms with Gasteiger partial charge in [0.25, 0.3) is 0 Å². The van der Waals surface area contributed by atoms with E-state index in [1.165, 1.54) is 19.2 Å². The Morgan fingerprint density at radius 3 is 2.46 bits per heavy atom. The second-order valence-electron chi connectivity index (χ2n) is 5.07. The number of urea groups is 1. The molecule has 0 radical (unpaired) electrons. The molecule has 7 nitrogen and oxygen atoms in total. The average Bonchev–Trinajstić information content (AvgIpc) is 2.61. The second-order valence-corrected chi connectivity index (χ2v) is 6.96. The summed E-state index contributed by atoms with van der Waals surface area (Å²) in [4.78, 5) is 15.9. The number of amides is 2. The van der Waals surface area contributed by atoms with Crippen molar-refractivity contribution in [2.45, 2.75) is 17.9 Å². The van der Waals surface area contributed by atoms with Crippen molar-refractivity contribution in [1.29, 1.82) is 0 Å². The zero-order valence-electron chi connectivity index (χ0n) is 13.3. The number of carbonyl (C=O) groups excluding carboxylic acids is 1. The van der Waals surface area contributed by atoms with Gasteiger partial charge in [-0.15, -0.1) is 0 Å². The molecular weight excluding hydrogens is 328 g/mol. The van der Waals surface area contributed by atoms with Gasteiger partial charge >= 0.3 is 6.03 Å². The van der Waals surface area contributed by atoms with Gasteiger partial charge in [0.05, 0.1) is 4.90 Å². The second kappa shape index (κ2) is 8.42. The Bertz CT molecular complexity index is 762. The van der Waals surface area contributed by atoms with Crippen molar-refractivity contribution in [3.63, 3.8) is 0 Å². The molecule has 0 saturated heterocycles. The summed E-state index contributed by atoms with van der Waals surface area (Å²) in [6.45, 7) is 0.829. The number of sulfonamides is 1. The Hall–Kier alpha value is -2.45. The van der Waals surface area contributed by atoms with E-state index in [1.807, 2.05) is 12.1 Å². The predicted molar refractivity (Wildman–Crippen MR) is 90.9 cm³/mol. The molecule has 2 aromatic rings. The molecule has 0 spiro atoms. The minimum absolute atomic E-state index is 0.190. The van der Waals surface area contributed by atoms with Crippen molar-refractivity contribution >= 4 is 16.1 Å². The molecule has 0 saturated carbocycles. The number of nitrogens with one attached hydrogen (secondary N) is 3. The van der Waals surface area contributed by atoms with Gasteiger partial charge in [-0.2, -0.15) is 0 Å². The van der Waals surface area contributed by atoms with E-state index < -0.39 is 10.0 Å². The molecule has 1 heterocycles. The van der Waals surface area contributed by atoms with Crippen LogP contribution < -0.4 is 15.4 Å². The third-order valence-electron chi connectivity index (χ3n) is 3.38. The minimum atomic E-state index is -3.44. The SMILES string of the molecule is CNS(=O)(=O)c1ccc(CNC(=O)NCCc2cccnc2)cc1. The van der Waals surface area contributed by atoms with E-state index in [0.717, 1.165) is 11.1 Å². The standard InChI is InChI=1S/C16H20N4O3S/c1-17-24(22,23)15-6-4-14(5-7-15)12-20-16(21)19-10-8-13-3-2-9-18-11-13/h2-7,9,11,17H,8,10,12H2,1H3,(H2,19,20,21). The molecule has 0 aliphatic heterocycles. The molecule has 0 unspecified atom stereocenters. The first-order valence-electron chi connectivity index (χ1n) is 7.44. The zero-order valence-corrected chi connectivity index (χ0v) is 14.1. The molecule has 2 rings (SSSR count). The quantitative estimate of drug-likeness (QED) is 0.696. The van der Waals surface area contributed by atoms with Crippen LogP contribution in [0.5, 0.6) is 0 Å². The molecule has 128 valence electrons. The maximum Gasteiger partial charge on any atom is 0.315 e. The molecule has 1 aromatic heterocycles. The molecule has 8 heteroatoms. The summed E-state index contributed by atoms with van der Waals surface area (Å²) in [5.41, 5.74) is 1.87. The normalized spacial score (nSPS) is 11.0. The molecule has 0 fully saturated rings. The van der Waals surface area contributed by atoms with E-state index in [4.69, 9.17) is 0 Å². The number of pyridine rings is 1. The Morgan fingerprint density at radius 1 is 1.08 bits per heavy atom. The largest absolute Gasteiger partial charge is 0.338 e. The van der Waals surface area contributed by atoms with Gasteiger partial charge < -0.3 is 10.6 Å². The molecule has 0 bridgehead atoms. The summed E-state index contributed by atoms with van der Waals surface area (Å²) in [5.74, 6) is 0. The van der Waals surface area contributed by atoms with E-state index in [-0.39, 0.29) is 10.9 Å². The van der Waals surface area contributed by atoms with Crippen molar-refractivity contribution in [2.75, 3.05) is 13.6 Å². The molecule has 0 aliphatic rings. The number of rotatable bonds is 7. The van der Waals surface area contributed by atoms with Gasteiger partial charge in [0.2, 0.25) is 10.0 Å². The highest BCUT2D eigenvalue weighted by atomic mass is 32.2. The van der Waals surface area contributed by atoms with Crippen LogP contribution in [0.4, 0.5) is 4.79 Å². The molecular formula is C16H20N4O3S. The van der Waals surface area contributed by atoms with Crippen LogP contribution in [-0.4, -0.2) is 33.0 Å². The fourth-order valence-electron chi connectivity index (χ4n) is 2.02. The van der Waals surface area contributed by atoms with E-state index in [9.17, 15) is 13.2 Å². The van der Waals surface area contributed by atoms with Crippen LogP contribution in [0.2, 0.25) is 0 Å². The van der Waals surface area contributed by atoms with Crippen LogP contribution in [0, 0.1) is 0 Å². The van der Waals surface area contributed by atoms with Gasteiger partial charge in [-0.3, -0.25) is 4.98 Å². The molecule has 1 aromatic carbocycles. The lowest BCUT2D eigenvalue weighted by Gasteiger charge is -2.08. The number of nitrogens with zero attached hydrogens (tertiary/aromatic N) is 1. The fourth-order valence-corrected chi connectivity index (χ4v) is 2.75. The third kappa shape index (κ3) is 5.32. The summed E-state index contributed by atoms with van der Waals surface area (Å²) in [6.07, 6.45) is 4.18. The highest BCUT2D eigenvalue weighted by molar-refractivity contribution is 7.89. The average molecular weight is 348 g/mol. The van der Waals surface area contributed by atoms with Gasteiger partial charge in [0, 0.05) is 25.5 Å². The van der Waals surface area contributed by atoms with E-state index in [1.54, 1.807) is 24.5 Å². The van der Waals surface area contributed by atoms with E-state index in [0.29, 0.717) is 19.5 Å². The van der Waals surface area contributed by atoms with Gasteiger partial charge in [0.1, 0.15) is 0 Å². The maximum absolute atomic E-state index is 11.7. The molecule has 24 heavy (non-hydrogen) atoms. The highest BCUT2D eigenvalue weighted by Crippen LogP contribution is 2.09. The number of benzene rings is 1. The summed E-state index contributed by atoms with van der Waals surface area (Å²) < 4.78 is 25.5. The first-order chi connectivity index (χ1) is 11.5. The van der Waals surface area contributed by atoms with Crippen LogP contribution in [-0.2, 0) is 23.0 Å². The Balaban J connectivity index is 1.75. The third-order valence-corrected chi connectivity index (χ3v) is 4.81. The smallest absolute Gasteiger partial charge is 0.315 e. The minimum Gasteiger partial charge on any atom is -0.338 e. The van der Waals surface area contributed by atoms with Crippen molar-refractivity contribution < 1.29 is 13.2 Å². The summed E-state index contributed by atoms with van der Waals surface area (Å²) in [7, 11) is -2.08. The van der Waals surface area contributed by atoms with Gasteiger partial charge in [-0.05, 0) is 42.8 Å². The van der Waals surface area contributed by atoms with Gasteiger partial charge in [-0.25, -0.2) is 17.9 Å².